The van der Waals surface area contributed by atoms with Gasteiger partial charge in [-0.15, -0.1) is 11.3 Å². The third kappa shape index (κ3) is 4.14. The number of rotatable bonds is 5. The van der Waals surface area contributed by atoms with E-state index < -0.39 is 0 Å². The number of amides is 2. The summed E-state index contributed by atoms with van der Waals surface area (Å²) in [4.78, 5) is 37.9. The van der Waals surface area contributed by atoms with Gasteiger partial charge in [-0.3, -0.25) is 24.5 Å². The monoisotopic (exact) mass is 494 g/mol. The Balaban J connectivity index is 1.38. The number of aryl methyl sites for hydroxylation is 1. The molecule has 0 bridgehead atoms. The quantitative estimate of drug-likeness (QED) is 0.330. The second kappa shape index (κ2) is 9.01. The standard InChI is InChI=1S/C27H22N6O2S/c1-15-14-36-24-3-2-16(8-20(15)24)21-9-17(10-22-26(21)30-7-6-29-22)32-23-13-28-5-4-19(23)27(35)33-18-11-25(34)31-12-18/h2-10,13-14,18,32H,11-12H2,1H3,(H,31,34)(H,33,35). The van der Waals surface area contributed by atoms with E-state index in [1.165, 1.54) is 15.6 Å². The molecule has 1 atom stereocenters. The van der Waals surface area contributed by atoms with Gasteiger partial charge in [-0.1, -0.05) is 6.07 Å². The highest BCUT2D eigenvalue weighted by atomic mass is 32.1. The topological polar surface area (TPSA) is 109 Å². The summed E-state index contributed by atoms with van der Waals surface area (Å²) >= 11 is 1.73. The van der Waals surface area contributed by atoms with E-state index in [2.05, 4.69) is 61.4 Å². The zero-order chi connectivity index (χ0) is 24.6. The van der Waals surface area contributed by atoms with Crippen molar-refractivity contribution in [1.29, 1.82) is 0 Å². The first-order valence-electron chi connectivity index (χ1n) is 11.6. The number of hydrogen-bond acceptors (Lipinski definition) is 7. The lowest BCUT2D eigenvalue weighted by atomic mass is 10.0. The van der Waals surface area contributed by atoms with E-state index in [4.69, 9.17) is 0 Å². The highest BCUT2D eigenvalue weighted by molar-refractivity contribution is 7.17. The largest absolute Gasteiger partial charge is 0.354 e. The number of benzene rings is 2. The maximum absolute atomic E-state index is 13.0. The van der Waals surface area contributed by atoms with Crippen LogP contribution in [0.1, 0.15) is 22.3 Å². The van der Waals surface area contributed by atoms with Gasteiger partial charge in [0.15, 0.2) is 0 Å². The molecule has 1 aliphatic rings. The summed E-state index contributed by atoms with van der Waals surface area (Å²) in [6.45, 7) is 2.55. The van der Waals surface area contributed by atoms with Gasteiger partial charge in [-0.05, 0) is 59.1 Å². The van der Waals surface area contributed by atoms with E-state index in [0.717, 1.165) is 27.8 Å². The molecule has 2 aromatic carbocycles. The molecule has 3 N–H and O–H groups in total. The number of anilines is 2. The Morgan fingerprint density at radius 2 is 2.00 bits per heavy atom. The number of thiophene rings is 1. The zero-order valence-electron chi connectivity index (χ0n) is 19.4. The Hall–Kier alpha value is -4.37. The molecule has 1 saturated heterocycles. The van der Waals surface area contributed by atoms with Crippen molar-refractivity contribution < 1.29 is 9.59 Å². The van der Waals surface area contributed by atoms with E-state index in [1.54, 1.807) is 42.2 Å². The SMILES string of the molecule is Cc1csc2ccc(-c3cc(Nc4cnccc4C(=O)NC4CNC(=O)C4)cc4nccnc34)cc12. The Bertz CT molecular complexity index is 1650. The van der Waals surface area contributed by atoms with Gasteiger partial charge in [0.1, 0.15) is 0 Å². The van der Waals surface area contributed by atoms with Crippen molar-refractivity contribution in [2.24, 2.45) is 0 Å². The molecule has 5 aromatic rings. The molecule has 3 aromatic heterocycles. The lowest BCUT2D eigenvalue weighted by molar-refractivity contribution is -0.119. The summed E-state index contributed by atoms with van der Waals surface area (Å²) in [6.07, 6.45) is 6.84. The van der Waals surface area contributed by atoms with Crippen molar-refractivity contribution in [3.8, 4) is 11.1 Å². The number of aromatic nitrogens is 3. The molecule has 0 spiro atoms. The number of carbonyl (C=O) groups excluding carboxylic acids is 2. The number of hydrogen-bond donors (Lipinski definition) is 3. The summed E-state index contributed by atoms with van der Waals surface area (Å²) in [5.41, 5.74) is 6.54. The number of nitrogens with zero attached hydrogens (tertiary/aromatic N) is 3. The van der Waals surface area contributed by atoms with Gasteiger partial charge in [-0.25, -0.2) is 0 Å². The summed E-state index contributed by atoms with van der Waals surface area (Å²) in [5.74, 6) is -0.324. The highest BCUT2D eigenvalue weighted by Crippen LogP contribution is 2.35. The van der Waals surface area contributed by atoms with Gasteiger partial charge in [0.25, 0.3) is 5.91 Å². The Morgan fingerprint density at radius 3 is 2.86 bits per heavy atom. The summed E-state index contributed by atoms with van der Waals surface area (Å²) in [7, 11) is 0. The molecule has 178 valence electrons. The van der Waals surface area contributed by atoms with Crippen LogP contribution in [0.5, 0.6) is 0 Å². The van der Waals surface area contributed by atoms with Gasteiger partial charge in [0, 0.05) is 47.5 Å². The average molecular weight is 495 g/mol. The molecule has 0 radical (unpaired) electrons. The Morgan fingerprint density at radius 1 is 1.11 bits per heavy atom. The number of fused-ring (bicyclic) bond motifs is 2. The summed E-state index contributed by atoms with van der Waals surface area (Å²) in [6, 6.07) is 11.8. The van der Waals surface area contributed by atoms with Crippen molar-refractivity contribution in [3.63, 3.8) is 0 Å². The van der Waals surface area contributed by atoms with Gasteiger partial charge < -0.3 is 16.0 Å². The van der Waals surface area contributed by atoms with Crippen LogP contribution in [0.3, 0.4) is 0 Å². The molecular formula is C27H22N6O2S. The average Bonchev–Trinajstić information content (AvgIpc) is 3.48. The maximum Gasteiger partial charge on any atom is 0.253 e. The van der Waals surface area contributed by atoms with Gasteiger partial charge in [0.2, 0.25) is 5.91 Å². The minimum Gasteiger partial charge on any atom is -0.354 e. The number of pyridine rings is 1. The second-order valence-electron chi connectivity index (χ2n) is 8.80. The predicted molar refractivity (Wildman–Crippen MR) is 141 cm³/mol. The third-order valence-electron chi connectivity index (χ3n) is 6.31. The first-order valence-corrected chi connectivity index (χ1v) is 12.4. The first-order chi connectivity index (χ1) is 17.5. The van der Waals surface area contributed by atoms with Crippen LogP contribution in [-0.4, -0.2) is 39.4 Å². The Labute approximate surface area is 210 Å². The molecule has 4 heterocycles. The first kappa shape index (κ1) is 22.1. The maximum atomic E-state index is 13.0. The molecular weight excluding hydrogens is 472 g/mol. The molecule has 2 amide bonds. The normalized spacial score (nSPS) is 15.2. The lowest BCUT2D eigenvalue weighted by Gasteiger charge is -2.15. The van der Waals surface area contributed by atoms with Crippen LogP contribution in [0.15, 0.2) is 66.6 Å². The van der Waals surface area contributed by atoms with E-state index in [9.17, 15) is 9.59 Å². The molecule has 1 fully saturated rings. The fourth-order valence-corrected chi connectivity index (χ4v) is 5.43. The van der Waals surface area contributed by atoms with Gasteiger partial charge in [0.05, 0.1) is 34.5 Å². The minimum atomic E-state index is -0.263. The van der Waals surface area contributed by atoms with E-state index in [-0.39, 0.29) is 24.3 Å². The van der Waals surface area contributed by atoms with Crippen molar-refractivity contribution in [2.75, 3.05) is 11.9 Å². The molecule has 8 nitrogen and oxygen atoms in total. The molecule has 0 saturated carbocycles. The van der Waals surface area contributed by atoms with Gasteiger partial charge in [-0.2, -0.15) is 0 Å². The molecule has 36 heavy (non-hydrogen) atoms. The summed E-state index contributed by atoms with van der Waals surface area (Å²) in [5, 5.41) is 12.4. The van der Waals surface area contributed by atoms with E-state index in [0.29, 0.717) is 17.8 Å². The van der Waals surface area contributed by atoms with Crippen molar-refractivity contribution in [2.45, 2.75) is 19.4 Å². The molecule has 9 heteroatoms. The Kier molecular flexibility index (Phi) is 5.54. The molecule has 1 aliphatic heterocycles. The van der Waals surface area contributed by atoms with Crippen LogP contribution in [0.4, 0.5) is 11.4 Å². The second-order valence-corrected chi connectivity index (χ2v) is 9.71. The fourth-order valence-electron chi connectivity index (χ4n) is 4.51. The predicted octanol–water partition coefficient (Wildman–Crippen LogP) is 4.58. The lowest BCUT2D eigenvalue weighted by Crippen LogP contribution is -2.36. The van der Waals surface area contributed by atoms with Crippen LogP contribution in [0.2, 0.25) is 0 Å². The zero-order valence-corrected chi connectivity index (χ0v) is 20.2. The minimum absolute atomic E-state index is 0.0611. The van der Waals surface area contributed by atoms with Crippen LogP contribution in [0, 0.1) is 6.92 Å². The number of carbonyl (C=O) groups is 2. The highest BCUT2D eigenvalue weighted by Gasteiger charge is 2.24. The van der Waals surface area contributed by atoms with Crippen molar-refractivity contribution in [3.05, 3.63) is 77.7 Å². The number of nitrogens with one attached hydrogen (secondary N) is 3. The fraction of sp³-hybridized carbons (Fsp3) is 0.148. The van der Waals surface area contributed by atoms with Crippen molar-refractivity contribution in [1.82, 2.24) is 25.6 Å². The molecule has 6 rings (SSSR count). The molecule has 1 unspecified atom stereocenters. The van der Waals surface area contributed by atoms with E-state index in [1.807, 2.05) is 12.1 Å². The van der Waals surface area contributed by atoms with E-state index >= 15 is 0 Å². The van der Waals surface area contributed by atoms with Crippen LogP contribution >= 0.6 is 11.3 Å². The van der Waals surface area contributed by atoms with Crippen LogP contribution in [-0.2, 0) is 4.79 Å². The van der Waals surface area contributed by atoms with Crippen LogP contribution in [0.25, 0.3) is 32.2 Å². The van der Waals surface area contributed by atoms with Gasteiger partial charge >= 0.3 is 0 Å². The smallest absolute Gasteiger partial charge is 0.253 e. The molecule has 0 aliphatic carbocycles. The van der Waals surface area contributed by atoms with Crippen LogP contribution < -0.4 is 16.0 Å². The summed E-state index contributed by atoms with van der Waals surface area (Å²) < 4.78 is 1.24. The third-order valence-corrected chi connectivity index (χ3v) is 7.39. The van der Waals surface area contributed by atoms with Crippen molar-refractivity contribution >= 4 is 55.6 Å².